The molecule has 0 saturated carbocycles. The lowest BCUT2D eigenvalue weighted by molar-refractivity contribution is -0.130. The van der Waals surface area contributed by atoms with Gasteiger partial charge in [0.25, 0.3) is 5.91 Å². The summed E-state index contributed by atoms with van der Waals surface area (Å²) in [6.45, 7) is 5.48. The fourth-order valence-electron chi connectivity index (χ4n) is 1.96. The van der Waals surface area contributed by atoms with Crippen LogP contribution in [0.15, 0.2) is 43.0 Å². The highest BCUT2D eigenvalue weighted by Gasteiger charge is 2.48. The van der Waals surface area contributed by atoms with Gasteiger partial charge in [0, 0.05) is 6.54 Å². The SMILES string of the molecule is C=CCN1C(=O)NC(C)(c2ccccc2)C1=O. The number of urea groups is 1. The minimum absolute atomic E-state index is 0.229. The fraction of sp³-hybridized carbons (Fsp3) is 0.231. The molecule has 1 aliphatic rings. The van der Waals surface area contributed by atoms with Crippen molar-refractivity contribution in [3.63, 3.8) is 0 Å². The molecule has 1 unspecified atom stereocenters. The van der Waals surface area contributed by atoms with Crippen molar-refractivity contribution in [2.75, 3.05) is 6.54 Å². The Morgan fingerprint density at radius 3 is 2.59 bits per heavy atom. The molecule has 1 saturated heterocycles. The maximum absolute atomic E-state index is 12.2. The molecule has 1 aromatic carbocycles. The summed E-state index contributed by atoms with van der Waals surface area (Å²) in [6, 6.07) is 8.84. The smallest absolute Gasteiger partial charge is 0.319 e. The van der Waals surface area contributed by atoms with Crippen LogP contribution in [0.5, 0.6) is 0 Å². The van der Waals surface area contributed by atoms with Crippen LogP contribution in [0.2, 0.25) is 0 Å². The van der Waals surface area contributed by atoms with E-state index in [-0.39, 0.29) is 18.5 Å². The number of nitrogens with one attached hydrogen (secondary N) is 1. The monoisotopic (exact) mass is 230 g/mol. The third-order valence-corrected chi connectivity index (χ3v) is 2.94. The van der Waals surface area contributed by atoms with Crippen LogP contribution in [0.3, 0.4) is 0 Å². The summed E-state index contributed by atoms with van der Waals surface area (Å²) in [5, 5.41) is 2.72. The molecule has 0 spiro atoms. The molecule has 1 N–H and O–H groups in total. The molecule has 1 atom stereocenters. The van der Waals surface area contributed by atoms with Crippen LogP contribution in [0, 0.1) is 0 Å². The van der Waals surface area contributed by atoms with E-state index in [4.69, 9.17) is 0 Å². The van der Waals surface area contributed by atoms with Crippen LogP contribution in [-0.4, -0.2) is 23.4 Å². The summed E-state index contributed by atoms with van der Waals surface area (Å²) in [4.78, 5) is 25.1. The zero-order valence-corrected chi connectivity index (χ0v) is 9.64. The summed E-state index contributed by atoms with van der Waals surface area (Å²) in [7, 11) is 0. The maximum Gasteiger partial charge on any atom is 0.325 e. The Kier molecular flexibility index (Phi) is 2.71. The zero-order chi connectivity index (χ0) is 12.5. The number of carbonyl (C=O) groups excluding carboxylic acids is 2. The third-order valence-electron chi connectivity index (χ3n) is 2.94. The van der Waals surface area contributed by atoms with Gasteiger partial charge in [-0.1, -0.05) is 36.4 Å². The lowest BCUT2D eigenvalue weighted by Crippen LogP contribution is -2.40. The van der Waals surface area contributed by atoms with Gasteiger partial charge in [-0.15, -0.1) is 6.58 Å². The number of rotatable bonds is 3. The van der Waals surface area contributed by atoms with Gasteiger partial charge < -0.3 is 5.32 Å². The van der Waals surface area contributed by atoms with Crippen molar-refractivity contribution in [2.24, 2.45) is 0 Å². The highest BCUT2D eigenvalue weighted by Crippen LogP contribution is 2.28. The summed E-state index contributed by atoms with van der Waals surface area (Å²) in [5.74, 6) is -0.242. The highest BCUT2D eigenvalue weighted by atomic mass is 16.2. The summed E-state index contributed by atoms with van der Waals surface area (Å²) in [5.41, 5.74) is -0.189. The summed E-state index contributed by atoms with van der Waals surface area (Å²) >= 11 is 0. The lowest BCUT2D eigenvalue weighted by Gasteiger charge is -2.21. The topological polar surface area (TPSA) is 49.4 Å². The number of carbonyl (C=O) groups is 2. The number of nitrogens with zero attached hydrogens (tertiary/aromatic N) is 1. The van der Waals surface area contributed by atoms with E-state index in [2.05, 4.69) is 11.9 Å². The largest absolute Gasteiger partial charge is 0.325 e. The Balaban J connectivity index is 2.38. The molecule has 0 radical (unpaired) electrons. The first-order valence-corrected chi connectivity index (χ1v) is 5.40. The normalized spacial score (nSPS) is 23.7. The Morgan fingerprint density at radius 1 is 1.35 bits per heavy atom. The number of imide groups is 1. The molecule has 3 amide bonds. The van der Waals surface area contributed by atoms with Gasteiger partial charge in [0.15, 0.2) is 0 Å². The number of benzene rings is 1. The summed E-state index contributed by atoms with van der Waals surface area (Å²) < 4.78 is 0. The van der Waals surface area contributed by atoms with Crippen molar-refractivity contribution in [3.05, 3.63) is 48.6 Å². The van der Waals surface area contributed by atoms with Crippen LogP contribution in [0.1, 0.15) is 12.5 Å². The third kappa shape index (κ3) is 1.71. The van der Waals surface area contributed by atoms with E-state index in [1.54, 1.807) is 6.92 Å². The van der Waals surface area contributed by atoms with Crippen LogP contribution in [0.4, 0.5) is 4.79 Å². The molecule has 1 heterocycles. The van der Waals surface area contributed by atoms with Crippen LogP contribution < -0.4 is 5.32 Å². The van der Waals surface area contributed by atoms with Gasteiger partial charge in [0.05, 0.1) is 0 Å². The molecular weight excluding hydrogens is 216 g/mol. The first-order chi connectivity index (χ1) is 8.09. The van der Waals surface area contributed by atoms with Crippen molar-refractivity contribution in [2.45, 2.75) is 12.5 Å². The second kappa shape index (κ2) is 4.05. The van der Waals surface area contributed by atoms with Crippen molar-refractivity contribution in [3.8, 4) is 0 Å². The average molecular weight is 230 g/mol. The first kappa shape index (κ1) is 11.4. The predicted octanol–water partition coefficient (Wildman–Crippen LogP) is 1.64. The van der Waals surface area contributed by atoms with E-state index < -0.39 is 5.54 Å². The Hall–Kier alpha value is -2.10. The number of amides is 3. The van der Waals surface area contributed by atoms with Crippen molar-refractivity contribution < 1.29 is 9.59 Å². The Morgan fingerprint density at radius 2 is 2.00 bits per heavy atom. The molecular formula is C13H14N2O2. The van der Waals surface area contributed by atoms with Crippen molar-refractivity contribution in [1.82, 2.24) is 10.2 Å². The molecule has 4 nitrogen and oxygen atoms in total. The minimum atomic E-state index is -0.971. The quantitative estimate of drug-likeness (QED) is 0.634. The van der Waals surface area contributed by atoms with E-state index in [1.165, 1.54) is 11.0 Å². The Labute approximate surface area is 99.9 Å². The molecule has 1 aromatic rings. The molecule has 4 heteroatoms. The summed E-state index contributed by atoms with van der Waals surface area (Å²) in [6.07, 6.45) is 1.54. The van der Waals surface area contributed by atoms with Crippen molar-refractivity contribution in [1.29, 1.82) is 0 Å². The fourth-order valence-corrected chi connectivity index (χ4v) is 1.96. The average Bonchev–Trinajstić information content (AvgIpc) is 2.56. The van der Waals surface area contributed by atoms with Gasteiger partial charge in [0.1, 0.15) is 5.54 Å². The molecule has 1 aliphatic heterocycles. The van der Waals surface area contributed by atoms with Gasteiger partial charge in [-0.3, -0.25) is 9.69 Å². The van der Waals surface area contributed by atoms with E-state index in [0.29, 0.717) is 0 Å². The Bertz CT molecular complexity index is 470. The first-order valence-electron chi connectivity index (χ1n) is 5.40. The minimum Gasteiger partial charge on any atom is -0.319 e. The molecule has 17 heavy (non-hydrogen) atoms. The van der Waals surface area contributed by atoms with Gasteiger partial charge >= 0.3 is 6.03 Å². The van der Waals surface area contributed by atoms with Crippen molar-refractivity contribution >= 4 is 11.9 Å². The lowest BCUT2D eigenvalue weighted by atomic mass is 9.92. The van der Waals surface area contributed by atoms with Gasteiger partial charge in [-0.05, 0) is 12.5 Å². The number of hydrogen-bond acceptors (Lipinski definition) is 2. The van der Waals surface area contributed by atoms with Crippen LogP contribution >= 0.6 is 0 Å². The molecule has 88 valence electrons. The van der Waals surface area contributed by atoms with E-state index in [1.807, 2.05) is 30.3 Å². The van der Waals surface area contributed by atoms with E-state index in [0.717, 1.165) is 5.56 Å². The molecule has 2 rings (SSSR count). The van der Waals surface area contributed by atoms with E-state index in [9.17, 15) is 9.59 Å². The van der Waals surface area contributed by atoms with E-state index >= 15 is 0 Å². The standard InChI is InChI=1S/C13H14N2O2/c1-3-9-15-11(16)13(2,14-12(15)17)10-7-5-4-6-8-10/h3-8H,1,9H2,2H3,(H,14,17). The zero-order valence-electron chi connectivity index (χ0n) is 9.64. The predicted molar refractivity (Wildman–Crippen MR) is 64.2 cm³/mol. The van der Waals surface area contributed by atoms with Gasteiger partial charge in [-0.2, -0.15) is 0 Å². The molecule has 1 fully saturated rings. The molecule has 0 aromatic heterocycles. The second-order valence-electron chi connectivity index (χ2n) is 4.13. The van der Waals surface area contributed by atoms with Gasteiger partial charge in [0.2, 0.25) is 0 Å². The molecule has 0 aliphatic carbocycles. The van der Waals surface area contributed by atoms with Crippen LogP contribution in [0.25, 0.3) is 0 Å². The highest BCUT2D eigenvalue weighted by molar-refractivity contribution is 6.07. The molecule has 0 bridgehead atoms. The maximum atomic E-state index is 12.2. The number of hydrogen-bond donors (Lipinski definition) is 1. The van der Waals surface area contributed by atoms with Crippen LogP contribution in [-0.2, 0) is 10.3 Å². The second-order valence-corrected chi connectivity index (χ2v) is 4.13. The van der Waals surface area contributed by atoms with Gasteiger partial charge in [-0.25, -0.2) is 4.79 Å².